The van der Waals surface area contributed by atoms with Gasteiger partial charge in [0.15, 0.2) is 0 Å². The molecule has 0 saturated heterocycles. The Bertz CT molecular complexity index is 259. The van der Waals surface area contributed by atoms with Gasteiger partial charge in [0.2, 0.25) is 0 Å². The molecule has 0 aromatic rings. The van der Waals surface area contributed by atoms with E-state index in [1.54, 1.807) is 0 Å². The molecule has 0 bridgehead atoms. The van der Waals surface area contributed by atoms with E-state index in [2.05, 4.69) is 6.92 Å². The molecule has 22 heavy (non-hydrogen) atoms. The summed E-state index contributed by atoms with van der Waals surface area (Å²) in [5.74, 6) is -0.670. The number of alkyl halides is 6. The van der Waals surface area contributed by atoms with Gasteiger partial charge in [0.1, 0.15) is 0 Å². The first-order chi connectivity index (χ1) is 10.2. The van der Waals surface area contributed by atoms with E-state index in [1.807, 2.05) is 0 Å². The Hall–Kier alpha value is 1.21. The third-order valence-corrected chi connectivity index (χ3v) is 7.35. The molecule has 0 amide bonds. The summed E-state index contributed by atoms with van der Waals surface area (Å²) in [5.41, 5.74) is 0. The largest absolute Gasteiger partial charge is 0.481 e. The minimum absolute atomic E-state index is 0.337. The van der Waals surface area contributed by atoms with Crippen molar-refractivity contribution in [3.05, 3.63) is 0 Å². The predicted molar refractivity (Wildman–Crippen MR) is 98.9 cm³/mol. The molecule has 1 aliphatic rings. The Balaban J connectivity index is 0.000000409. The molecular weight excluding hydrogens is 413 g/mol. The van der Waals surface area contributed by atoms with Gasteiger partial charge in [-0.05, 0) is 6.42 Å². The van der Waals surface area contributed by atoms with Crippen molar-refractivity contribution in [3.8, 4) is 0 Å². The minimum Gasteiger partial charge on any atom is -0.481 e. The number of unbranched alkanes of at least 4 members (excludes halogenated alkanes) is 4. The molecule has 1 rings (SSSR count). The van der Waals surface area contributed by atoms with Gasteiger partial charge in [0, 0.05) is 6.42 Å². The van der Waals surface area contributed by atoms with Gasteiger partial charge in [-0.2, -0.15) is 0 Å². The van der Waals surface area contributed by atoms with Crippen LogP contribution >= 0.6 is 69.6 Å². The lowest BCUT2D eigenvalue weighted by Crippen LogP contribution is -2.52. The summed E-state index contributed by atoms with van der Waals surface area (Å²) in [4.78, 5) is 10.0. The zero-order valence-corrected chi connectivity index (χ0v) is 16.9. The van der Waals surface area contributed by atoms with Gasteiger partial charge in [-0.3, -0.25) is 4.79 Å². The predicted octanol–water partition coefficient (Wildman–Crippen LogP) is 6.08. The molecule has 1 saturated carbocycles. The van der Waals surface area contributed by atoms with E-state index in [-0.39, 0.29) is 0 Å². The Morgan fingerprint density at radius 3 is 1.32 bits per heavy atom. The van der Waals surface area contributed by atoms with Gasteiger partial charge >= 0.3 is 5.97 Å². The van der Waals surface area contributed by atoms with Crippen LogP contribution in [-0.4, -0.2) is 43.3 Å². The summed E-state index contributed by atoms with van der Waals surface area (Å²) in [6, 6.07) is 0. The van der Waals surface area contributed by atoms with Gasteiger partial charge < -0.3 is 5.11 Å². The highest BCUT2D eigenvalue weighted by atomic mass is 35.5. The summed E-state index contributed by atoms with van der Waals surface area (Å²) >= 11 is 35.3. The van der Waals surface area contributed by atoms with Crippen molar-refractivity contribution in [1.82, 2.24) is 0 Å². The van der Waals surface area contributed by atoms with Crippen molar-refractivity contribution < 1.29 is 9.90 Å². The number of aliphatic carboxylic acids is 1. The van der Waals surface area contributed by atoms with Gasteiger partial charge in [-0.15, -0.1) is 69.6 Å². The summed E-state index contributed by atoms with van der Waals surface area (Å²) in [7, 11) is 0. The SMILES string of the molecule is CCCCCCCC(=O)O.ClC1C(Cl)C(Cl)C(Cl)C(Cl)C1Cl. The Morgan fingerprint density at radius 1 is 0.727 bits per heavy atom. The first-order valence-electron chi connectivity index (χ1n) is 7.30. The lowest BCUT2D eigenvalue weighted by Gasteiger charge is -2.37. The van der Waals surface area contributed by atoms with Crippen molar-refractivity contribution in [2.45, 2.75) is 77.7 Å². The number of halogens is 6. The Kier molecular flexibility index (Phi) is 13.2. The monoisotopic (exact) mass is 432 g/mol. The second-order valence-corrected chi connectivity index (χ2v) is 8.25. The zero-order valence-electron chi connectivity index (χ0n) is 12.3. The van der Waals surface area contributed by atoms with E-state index in [9.17, 15) is 4.79 Å². The molecule has 0 heterocycles. The normalized spacial score (nSPS) is 34.7. The quantitative estimate of drug-likeness (QED) is 0.406. The average molecular weight is 435 g/mol. The summed E-state index contributed by atoms with van der Waals surface area (Å²) in [6.07, 6.45) is 5.88. The maximum absolute atomic E-state index is 10.0. The molecule has 132 valence electrons. The van der Waals surface area contributed by atoms with Crippen molar-refractivity contribution in [3.63, 3.8) is 0 Å². The van der Waals surface area contributed by atoms with E-state index in [4.69, 9.17) is 74.7 Å². The van der Waals surface area contributed by atoms with Crippen LogP contribution in [0.5, 0.6) is 0 Å². The number of hydrogen-bond acceptors (Lipinski definition) is 1. The molecule has 0 unspecified atom stereocenters. The van der Waals surface area contributed by atoms with Crippen LogP contribution in [0.2, 0.25) is 0 Å². The van der Waals surface area contributed by atoms with Crippen LogP contribution < -0.4 is 0 Å². The van der Waals surface area contributed by atoms with Crippen LogP contribution in [-0.2, 0) is 4.79 Å². The van der Waals surface area contributed by atoms with Crippen molar-refractivity contribution in [2.75, 3.05) is 0 Å². The molecule has 0 radical (unpaired) electrons. The topological polar surface area (TPSA) is 37.3 Å². The highest BCUT2D eigenvalue weighted by Gasteiger charge is 2.46. The fraction of sp³-hybridized carbons (Fsp3) is 0.929. The highest BCUT2D eigenvalue weighted by Crippen LogP contribution is 2.39. The number of carbonyl (C=O) groups is 1. The number of rotatable bonds is 6. The van der Waals surface area contributed by atoms with Crippen LogP contribution in [0.25, 0.3) is 0 Å². The molecule has 1 aliphatic carbocycles. The number of hydrogen-bond donors (Lipinski definition) is 1. The molecule has 0 aromatic heterocycles. The minimum atomic E-state index is -0.670. The molecule has 0 aliphatic heterocycles. The Labute approximate surface area is 162 Å². The van der Waals surface area contributed by atoms with E-state index < -0.39 is 38.2 Å². The molecule has 1 N–H and O–H groups in total. The van der Waals surface area contributed by atoms with E-state index in [0.29, 0.717) is 6.42 Å². The first kappa shape index (κ1) is 23.2. The molecule has 1 fully saturated rings. The van der Waals surface area contributed by atoms with Crippen molar-refractivity contribution >= 4 is 75.6 Å². The number of carboxylic acid groups (broad SMARTS) is 1. The van der Waals surface area contributed by atoms with Crippen molar-refractivity contribution in [1.29, 1.82) is 0 Å². The second-order valence-electron chi connectivity index (χ2n) is 5.22. The third kappa shape index (κ3) is 8.35. The van der Waals surface area contributed by atoms with E-state index in [1.165, 1.54) is 19.3 Å². The fourth-order valence-corrected chi connectivity index (χ4v) is 4.26. The lowest BCUT2D eigenvalue weighted by atomic mass is 9.97. The van der Waals surface area contributed by atoms with Gasteiger partial charge in [0.05, 0.1) is 32.3 Å². The van der Waals surface area contributed by atoms with Crippen LogP contribution in [0.3, 0.4) is 0 Å². The molecule has 2 nitrogen and oxygen atoms in total. The lowest BCUT2D eigenvalue weighted by molar-refractivity contribution is -0.137. The second kappa shape index (κ2) is 12.6. The number of carboxylic acids is 1. The molecule has 0 spiro atoms. The van der Waals surface area contributed by atoms with Gasteiger partial charge in [0.25, 0.3) is 0 Å². The Morgan fingerprint density at radius 2 is 1.05 bits per heavy atom. The molecule has 0 aromatic carbocycles. The van der Waals surface area contributed by atoms with E-state index >= 15 is 0 Å². The zero-order chi connectivity index (χ0) is 17.3. The fourth-order valence-electron chi connectivity index (χ4n) is 1.93. The molecule has 0 atom stereocenters. The molecular formula is C14H22Cl6O2. The van der Waals surface area contributed by atoms with Crippen molar-refractivity contribution in [2.24, 2.45) is 0 Å². The van der Waals surface area contributed by atoms with Gasteiger partial charge in [-0.25, -0.2) is 0 Å². The smallest absolute Gasteiger partial charge is 0.303 e. The summed E-state index contributed by atoms with van der Waals surface area (Å²) in [5, 5.41) is 5.65. The summed E-state index contributed by atoms with van der Waals surface area (Å²) in [6.45, 7) is 2.15. The average Bonchev–Trinajstić information content (AvgIpc) is 2.49. The van der Waals surface area contributed by atoms with Crippen LogP contribution in [0.15, 0.2) is 0 Å². The standard InChI is InChI=1S/C8H16O2.C6H6Cl6/c1-2-3-4-5-6-7-8(9)10;7-1-2(8)4(10)6(12)5(11)3(1)9/h2-7H2,1H3,(H,9,10);1-6H. The van der Waals surface area contributed by atoms with Gasteiger partial charge in [-0.1, -0.05) is 32.6 Å². The maximum atomic E-state index is 10.0. The third-order valence-electron chi connectivity index (χ3n) is 3.32. The maximum Gasteiger partial charge on any atom is 0.303 e. The first-order valence-corrected chi connectivity index (χ1v) is 9.92. The highest BCUT2D eigenvalue weighted by molar-refractivity contribution is 6.45. The molecule has 8 heteroatoms. The van der Waals surface area contributed by atoms with Crippen LogP contribution in [0.1, 0.15) is 45.4 Å². The van der Waals surface area contributed by atoms with Crippen LogP contribution in [0.4, 0.5) is 0 Å². The summed E-state index contributed by atoms with van der Waals surface area (Å²) < 4.78 is 0. The van der Waals surface area contributed by atoms with E-state index in [0.717, 1.165) is 12.8 Å². The van der Waals surface area contributed by atoms with Crippen LogP contribution in [0, 0.1) is 0 Å².